The first kappa shape index (κ1) is 21.0. The third-order valence-electron chi connectivity index (χ3n) is 5.81. The van der Waals surface area contributed by atoms with Gasteiger partial charge in [0.2, 0.25) is 8.32 Å². The highest BCUT2D eigenvalue weighted by molar-refractivity contribution is 6.77. The Labute approximate surface area is 162 Å². The van der Waals surface area contributed by atoms with Gasteiger partial charge in [-0.25, -0.2) is 0 Å². The lowest BCUT2D eigenvalue weighted by Crippen LogP contribution is -2.50. The van der Waals surface area contributed by atoms with Gasteiger partial charge in [0.1, 0.15) is 6.10 Å². The van der Waals surface area contributed by atoms with Gasteiger partial charge >= 0.3 is 0 Å². The van der Waals surface area contributed by atoms with Crippen molar-refractivity contribution < 1.29 is 4.43 Å². The summed E-state index contributed by atoms with van der Waals surface area (Å²) in [5.41, 5.74) is 4.22. The maximum atomic E-state index is 7.08. The van der Waals surface area contributed by atoms with Crippen LogP contribution >= 0.6 is 0 Å². The molecule has 1 aromatic carbocycles. The van der Waals surface area contributed by atoms with Crippen LogP contribution in [0.25, 0.3) is 0 Å². The maximum Gasteiger partial charge on any atom is 0.202 e. The standard InChI is InChI=1S/C24H36OSi/c1-19(2)26(20(3)4,21(5)6)25-24(23-15-11-8-12-16-23)18-17-22-13-9-7-10-14-22/h7,9-10,13-15,19-21,24H,8,11-12,16H2,1-6H3. The van der Waals surface area contributed by atoms with Crippen molar-refractivity contribution in [2.24, 2.45) is 0 Å². The van der Waals surface area contributed by atoms with Gasteiger partial charge in [-0.3, -0.25) is 0 Å². The molecule has 0 radical (unpaired) electrons. The van der Waals surface area contributed by atoms with Crippen LogP contribution in [0.3, 0.4) is 0 Å². The molecule has 1 unspecified atom stereocenters. The molecule has 1 aliphatic carbocycles. The summed E-state index contributed by atoms with van der Waals surface area (Å²) in [6, 6.07) is 10.3. The number of hydrogen-bond acceptors (Lipinski definition) is 1. The van der Waals surface area contributed by atoms with Crippen LogP contribution < -0.4 is 0 Å². The van der Waals surface area contributed by atoms with E-state index in [1.807, 2.05) is 6.07 Å². The van der Waals surface area contributed by atoms with Crippen molar-refractivity contribution in [2.75, 3.05) is 0 Å². The molecule has 1 aromatic rings. The molecule has 2 rings (SSSR count). The van der Waals surface area contributed by atoms with Gasteiger partial charge in [-0.05, 0) is 60.0 Å². The van der Waals surface area contributed by atoms with Crippen molar-refractivity contribution in [1.29, 1.82) is 0 Å². The molecule has 0 aliphatic heterocycles. The molecule has 0 saturated heterocycles. The summed E-state index contributed by atoms with van der Waals surface area (Å²) in [5.74, 6) is 6.91. The molecular weight excluding hydrogens is 332 g/mol. The Morgan fingerprint density at radius 3 is 2.00 bits per heavy atom. The quantitative estimate of drug-likeness (QED) is 0.295. The van der Waals surface area contributed by atoms with Gasteiger partial charge in [-0.15, -0.1) is 0 Å². The van der Waals surface area contributed by atoms with Crippen molar-refractivity contribution in [3.05, 3.63) is 47.5 Å². The van der Waals surface area contributed by atoms with Crippen LogP contribution in [0.15, 0.2) is 42.0 Å². The molecule has 1 aliphatic rings. The molecule has 0 bridgehead atoms. The summed E-state index contributed by atoms with van der Waals surface area (Å²) >= 11 is 0. The second-order valence-corrected chi connectivity index (χ2v) is 13.9. The van der Waals surface area contributed by atoms with Crippen LogP contribution in [0, 0.1) is 11.8 Å². The zero-order valence-electron chi connectivity index (χ0n) is 17.5. The van der Waals surface area contributed by atoms with Gasteiger partial charge in [-0.1, -0.05) is 77.7 Å². The lowest BCUT2D eigenvalue weighted by molar-refractivity contribution is 0.248. The number of benzene rings is 1. The van der Waals surface area contributed by atoms with Crippen molar-refractivity contribution in [3.63, 3.8) is 0 Å². The first-order chi connectivity index (χ1) is 12.4. The summed E-state index contributed by atoms with van der Waals surface area (Å²) < 4.78 is 7.08. The Morgan fingerprint density at radius 1 is 0.885 bits per heavy atom. The van der Waals surface area contributed by atoms with Gasteiger partial charge in [0.15, 0.2) is 0 Å². The molecule has 0 amide bonds. The zero-order chi connectivity index (χ0) is 19.2. The van der Waals surface area contributed by atoms with Crippen molar-refractivity contribution in [3.8, 4) is 11.8 Å². The SMILES string of the molecule is CC(C)[Si](OC(C#Cc1ccccc1)C1=CCCCC1)(C(C)C)C(C)C. The van der Waals surface area contributed by atoms with Crippen LogP contribution in [-0.4, -0.2) is 14.4 Å². The number of rotatable bonds is 6. The fraction of sp³-hybridized carbons (Fsp3) is 0.583. The van der Waals surface area contributed by atoms with Crippen LogP contribution in [0.1, 0.15) is 72.8 Å². The Bertz CT molecular complexity index is 624. The Kier molecular flexibility index (Phi) is 7.74. The van der Waals surface area contributed by atoms with Gasteiger partial charge in [-0.2, -0.15) is 0 Å². The molecular formula is C24H36OSi. The first-order valence-corrected chi connectivity index (χ1v) is 12.4. The van der Waals surface area contributed by atoms with E-state index in [0.29, 0.717) is 16.6 Å². The largest absolute Gasteiger partial charge is 0.399 e. The Morgan fingerprint density at radius 2 is 1.50 bits per heavy atom. The number of allylic oxidation sites excluding steroid dienone is 1. The van der Waals surface area contributed by atoms with Gasteiger partial charge in [0.05, 0.1) is 0 Å². The highest BCUT2D eigenvalue weighted by Crippen LogP contribution is 2.44. The summed E-state index contributed by atoms with van der Waals surface area (Å²) in [7, 11) is -1.96. The molecule has 142 valence electrons. The lowest BCUT2D eigenvalue weighted by atomic mass is 9.95. The highest BCUT2D eigenvalue weighted by atomic mass is 28.4. The fourth-order valence-corrected chi connectivity index (χ4v) is 10.0. The van der Waals surface area contributed by atoms with Gasteiger partial charge in [0.25, 0.3) is 0 Å². The molecule has 0 saturated carbocycles. The van der Waals surface area contributed by atoms with E-state index in [-0.39, 0.29) is 6.10 Å². The predicted octanol–water partition coefficient (Wildman–Crippen LogP) is 7.10. The summed E-state index contributed by atoms with van der Waals surface area (Å²) in [5, 5.41) is 0. The molecule has 0 fully saturated rings. The number of hydrogen-bond donors (Lipinski definition) is 0. The minimum absolute atomic E-state index is 0.0469. The molecule has 26 heavy (non-hydrogen) atoms. The smallest absolute Gasteiger partial charge is 0.202 e. The maximum absolute atomic E-state index is 7.08. The monoisotopic (exact) mass is 368 g/mol. The summed E-state index contributed by atoms with van der Waals surface area (Å²) in [6.07, 6.45) is 7.21. The minimum Gasteiger partial charge on any atom is -0.399 e. The van der Waals surface area contributed by atoms with E-state index in [0.717, 1.165) is 12.0 Å². The summed E-state index contributed by atoms with van der Waals surface area (Å²) in [6.45, 7) is 14.1. The topological polar surface area (TPSA) is 9.23 Å². The molecule has 0 spiro atoms. The second kappa shape index (κ2) is 9.58. The fourth-order valence-electron chi connectivity index (χ4n) is 4.58. The normalized spacial score (nSPS) is 16.4. The third kappa shape index (κ3) is 4.90. The van der Waals surface area contributed by atoms with Crippen LogP contribution in [0.2, 0.25) is 16.6 Å². The van der Waals surface area contributed by atoms with E-state index in [9.17, 15) is 0 Å². The van der Waals surface area contributed by atoms with Crippen LogP contribution in [-0.2, 0) is 4.43 Å². The Hall–Kier alpha value is -1.30. The average Bonchev–Trinajstić information content (AvgIpc) is 2.62. The minimum atomic E-state index is -1.96. The van der Waals surface area contributed by atoms with E-state index >= 15 is 0 Å². The van der Waals surface area contributed by atoms with E-state index in [2.05, 4.69) is 83.7 Å². The van der Waals surface area contributed by atoms with Crippen molar-refractivity contribution in [1.82, 2.24) is 0 Å². The van der Waals surface area contributed by atoms with Gasteiger partial charge < -0.3 is 4.43 Å². The third-order valence-corrected chi connectivity index (χ3v) is 11.9. The molecule has 0 N–H and O–H groups in total. The molecule has 0 aromatic heterocycles. The average molecular weight is 369 g/mol. The molecule has 0 heterocycles. The van der Waals surface area contributed by atoms with Crippen LogP contribution in [0.4, 0.5) is 0 Å². The lowest BCUT2D eigenvalue weighted by Gasteiger charge is -2.44. The molecule has 1 atom stereocenters. The van der Waals surface area contributed by atoms with Crippen LogP contribution in [0.5, 0.6) is 0 Å². The first-order valence-electron chi connectivity index (χ1n) is 10.3. The molecule has 1 nitrogen and oxygen atoms in total. The summed E-state index contributed by atoms with van der Waals surface area (Å²) in [4.78, 5) is 0. The van der Waals surface area contributed by atoms with E-state index in [1.165, 1.54) is 24.8 Å². The van der Waals surface area contributed by atoms with Crippen molar-refractivity contribution >= 4 is 8.32 Å². The second-order valence-electron chi connectivity index (χ2n) is 8.48. The zero-order valence-corrected chi connectivity index (χ0v) is 18.5. The van der Waals surface area contributed by atoms with Gasteiger partial charge in [0, 0.05) is 5.56 Å². The van der Waals surface area contributed by atoms with E-state index in [1.54, 1.807) is 0 Å². The highest BCUT2D eigenvalue weighted by Gasteiger charge is 2.46. The van der Waals surface area contributed by atoms with E-state index in [4.69, 9.17) is 4.43 Å². The van der Waals surface area contributed by atoms with Crippen molar-refractivity contribution in [2.45, 2.75) is 90.0 Å². The predicted molar refractivity (Wildman–Crippen MR) is 116 cm³/mol. The Balaban J connectivity index is 2.40. The van der Waals surface area contributed by atoms with E-state index < -0.39 is 8.32 Å². The molecule has 2 heteroatoms.